The third kappa shape index (κ3) is 4.35. The predicted molar refractivity (Wildman–Crippen MR) is 129 cm³/mol. The largest absolute Gasteiger partial charge is 0.337 e. The molecule has 1 aliphatic heterocycles. The second kappa shape index (κ2) is 9.24. The van der Waals surface area contributed by atoms with E-state index in [-0.39, 0.29) is 5.91 Å². The van der Waals surface area contributed by atoms with Gasteiger partial charge in [-0.3, -0.25) is 4.79 Å². The molecule has 2 aromatic carbocycles. The maximum absolute atomic E-state index is 13.6. The van der Waals surface area contributed by atoms with Crippen molar-refractivity contribution in [3.63, 3.8) is 0 Å². The molecule has 0 atom stereocenters. The van der Waals surface area contributed by atoms with E-state index in [1.807, 2.05) is 47.5 Å². The van der Waals surface area contributed by atoms with Gasteiger partial charge >= 0.3 is 0 Å². The summed E-state index contributed by atoms with van der Waals surface area (Å²) in [6.07, 6.45) is 6.31. The number of benzene rings is 2. The van der Waals surface area contributed by atoms with E-state index >= 15 is 0 Å². The smallest absolute Gasteiger partial charge is 0.257 e. The molecule has 3 heterocycles. The van der Waals surface area contributed by atoms with Crippen LogP contribution in [0.25, 0.3) is 16.9 Å². The maximum Gasteiger partial charge on any atom is 0.257 e. The molecule has 166 valence electrons. The van der Waals surface area contributed by atoms with Gasteiger partial charge < -0.3 is 9.80 Å². The first kappa shape index (κ1) is 20.9. The lowest BCUT2D eigenvalue weighted by Gasteiger charge is -2.34. The minimum absolute atomic E-state index is 0.000351. The molecule has 1 saturated heterocycles. The Hall–Kier alpha value is -4.00. The summed E-state index contributed by atoms with van der Waals surface area (Å²) < 4.78 is 1.80. The third-order valence-corrected chi connectivity index (χ3v) is 6.00. The van der Waals surface area contributed by atoms with E-state index in [9.17, 15) is 4.79 Å². The second-order valence-electron chi connectivity index (χ2n) is 8.05. The maximum atomic E-state index is 13.6. The van der Waals surface area contributed by atoms with Gasteiger partial charge in [-0.05, 0) is 30.2 Å². The number of carbonyl (C=O) groups is 1. The normalized spacial score (nSPS) is 13.8. The highest BCUT2D eigenvalue weighted by Crippen LogP contribution is 2.26. The van der Waals surface area contributed by atoms with Crippen LogP contribution in [0.1, 0.15) is 22.8 Å². The topological polar surface area (TPSA) is 67.2 Å². The van der Waals surface area contributed by atoms with E-state index in [1.165, 1.54) is 5.56 Å². The molecule has 0 saturated carbocycles. The standard InChI is InChI=1S/C26H26N6O/c1-2-20-9-11-21(12-10-20)24-23(19-32(29-24)22-7-4-3-5-8-22)25(33)30-15-17-31(18-16-30)26-27-13-6-14-28-26/h3-14,19H,2,15-18H2,1H3. The summed E-state index contributed by atoms with van der Waals surface area (Å²) in [6.45, 7) is 4.75. The zero-order valence-electron chi connectivity index (χ0n) is 18.6. The molecule has 0 bridgehead atoms. The van der Waals surface area contributed by atoms with Gasteiger partial charge in [0.2, 0.25) is 5.95 Å². The molecule has 0 unspecified atom stereocenters. The molecule has 0 N–H and O–H groups in total. The van der Waals surface area contributed by atoms with Gasteiger partial charge in [-0.25, -0.2) is 14.6 Å². The summed E-state index contributed by atoms with van der Waals surface area (Å²) >= 11 is 0. The van der Waals surface area contributed by atoms with E-state index < -0.39 is 0 Å². The SMILES string of the molecule is CCc1ccc(-c2nn(-c3ccccc3)cc2C(=O)N2CCN(c3ncccn3)CC2)cc1. The average molecular weight is 439 g/mol. The second-order valence-corrected chi connectivity index (χ2v) is 8.05. The summed E-state index contributed by atoms with van der Waals surface area (Å²) in [5, 5.41) is 4.82. The van der Waals surface area contributed by atoms with Gasteiger partial charge in [0, 0.05) is 50.3 Å². The van der Waals surface area contributed by atoms with Gasteiger partial charge in [-0.2, -0.15) is 5.10 Å². The van der Waals surface area contributed by atoms with Gasteiger partial charge in [0.25, 0.3) is 5.91 Å². The van der Waals surface area contributed by atoms with Crippen molar-refractivity contribution < 1.29 is 4.79 Å². The van der Waals surface area contributed by atoms with Crippen molar-refractivity contribution in [1.82, 2.24) is 24.6 Å². The fraction of sp³-hybridized carbons (Fsp3) is 0.231. The highest BCUT2D eigenvalue weighted by Gasteiger charge is 2.27. The number of aryl methyl sites for hydroxylation is 1. The molecule has 4 aromatic rings. The number of carbonyl (C=O) groups excluding carboxylic acids is 1. The van der Waals surface area contributed by atoms with E-state index in [2.05, 4.69) is 46.1 Å². The Balaban J connectivity index is 1.43. The lowest BCUT2D eigenvalue weighted by molar-refractivity contribution is 0.0747. The summed E-state index contributed by atoms with van der Waals surface area (Å²) in [5.74, 6) is 0.707. The molecule has 5 rings (SSSR count). The van der Waals surface area contributed by atoms with Crippen LogP contribution in [-0.2, 0) is 6.42 Å². The number of anilines is 1. The van der Waals surface area contributed by atoms with Crippen LogP contribution in [0.2, 0.25) is 0 Å². The number of piperazine rings is 1. The number of aromatic nitrogens is 4. The minimum Gasteiger partial charge on any atom is -0.337 e. The first-order chi connectivity index (χ1) is 16.2. The van der Waals surface area contributed by atoms with Crippen molar-refractivity contribution in [2.45, 2.75) is 13.3 Å². The number of para-hydroxylation sites is 1. The minimum atomic E-state index is 0.000351. The first-order valence-electron chi connectivity index (χ1n) is 11.3. The van der Waals surface area contributed by atoms with Crippen LogP contribution in [-0.4, -0.2) is 56.7 Å². The number of hydrogen-bond acceptors (Lipinski definition) is 5. The fourth-order valence-corrected chi connectivity index (χ4v) is 4.09. The molecule has 7 nitrogen and oxygen atoms in total. The Labute approximate surface area is 193 Å². The highest BCUT2D eigenvalue weighted by molar-refractivity contribution is 6.00. The molecule has 2 aromatic heterocycles. The van der Waals surface area contributed by atoms with E-state index in [1.54, 1.807) is 17.1 Å². The Morgan fingerprint density at radius 2 is 1.58 bits per heavy atom. The molecule has 33 heavy (non-hydrogen) atoms. The lowest BCUT2D eigenvalue weighted by Crippen LogP contribution is -2.49. The molecule has 1 aliphatic rings. The Morgan fingerprint density at radius 3 is 2.24 bits per heavy atom. The Kier molecular flexibility index (Phi) is 5.85. The third-order valence-electron chi connectivity index (χ3n) is 6.00. The molecule has 0 radical (unpaired) electrons. The molecule has 7 heteroatoms. The van der Waals surface area contributed by atoms with Crippen LogP contribution in [0, 0.1) is 0 Å². The van der Waals surface area contributed by atoms with Gasteiger partial charge in [0.1, 0.15) is 5.69 Å². The molecular weight excluding hydrogens is 412 g/mol. The van der Waals surface area contributed by atoms with Crippen molar-refractivity contribution in [2.24, 2.45) is 0 Å². The van der Waals surface area contributed by atoms with Crippen molar-refractivity contribution in [3.05, 3.63) is 90.4 Å². The fourth-order valence-electron chi connectivity index (χ4n) is 4.09. The van der Waals surface area contributed by atoms with E-state index in [0.29, 0.717) is 43.4 Å². The summed E-state index contributed by atoms with van der Waals surface area (Å²) in [4.78, 5) is 26.3. The lowest BCUT2D eigenvalue weighted by atomic mass is 10.0. The number of hydrogen-bond donors (Lipinski definition) is 0. The molecule has 0 spiro atoms. The Bertz CT molecular complexity index is 1210. The Morgan fingerprint density at radius 1 is 0.879 bits per heavy atom. The van der Waals surface area contributed by atoms with Crippen molar-refractivity contribution in [2.75, 3.05) is 31.1 Å². The number of amides is 1. The molecule has 1 fully saturated rings. The summed E-state index contributed by atoms with van der Waals surface area (Å²) in [7, 11) is 0. The van der Waals surface area contributed by atoms with Crippen LogP contribution in [0.15, 0.2) is 79.3 Å². The number of nitrogens with zero attached hydrogens (tertiary/aromatic N) is 6. The van der Waals surface area contributed by atoms with Gasteiger partial charge in [-0.15, -0.1) is 0 Å². The van der Waals surface area contributed by atoms with Crippen LogP contribution in [0.5, 0.6) is 0 Å². The highest BCUT2D eigenvalue weighted by atomic mass is 16.2. The van der Waals surface area contributed by atoms with Gasteiger partial charge in [0.05, 0.1) is 11.3 Å². The molecule has 1 amide bonds. The average Bonchev–Trinajstić information content (AvgIpc) is 3.35. The van der Waals surface area contributed by atoms with Crippen molar-refractivity contribution >= 4 is 11.9 Å². The zero-order chi connectivity index (χ0) is 22.6. The summed E-state index contributed by atoms with van der Waals surface area (Å²) in [5.41, 5.74) is 4.46. The first-order valence-corrected chi connectivity index (χ1v) is 11.3. The molecular formula is C26H26N6O. The number of rotatable bonds is 5. The van der Waals surface area contributed by atoms with Crippen molar-refractivity contribution in [3.8, 4) is 16.9 Å². The molecule has 0 aliphatic carbocycles. The van der Waals surface area contributed by atoms with Crippen LogP contribution >= 0.6 is 0 Å². The quantitative estimate of drug-likeness (QED) is 0.473. The van der Waals surface area contributed by atoms with Crippen LogP contribution in [0.3, 0.4) is 0 Å². The van der Waals surface area contributed by atoms with Gasteiger partial charge in [0.15, 0.2) is 0 Å². The van der Waals surface area contributed by atoms with Gasteiger partial charge in [-0.1, -0.05) is 49.4 Å². The van der Waals surface area contributed by atoms with Crippen LogP contribution in [0.4, 0.5) is 5.95 Å². The zero-order valence-corrected chi connectivity index (χ0v) is 18.6. The van der Waals surface area contributed by atoms with Crippen molar-refractivity contribution in [1.29, 1.82) is 0 Å². The predicted octanol–water partition coefficient (Wildman–Crippen LogP) is 3.85. The summed E-state index contributed by atoms with van der Waals surface area (Å²) in [6, 6.07) is 20.0. The van der Waals surface area contributed by atoms with Crippen LogP contribution < -0.4 is 4.90 Å². The van der Waals surface area contributed by atoms with E-state index in [4.69, 9.17) is 5.10 Å². The van der Waals surface area contributed by atoms with E-state index in [0.717, 1.165) is 17.7 Å². The monoisotopic (exact) mass is 438 g/mol.